The third-order valence-electron chi connectivity index (χ3n) is 4.35. The first-order valence-corrected chi connectivity index (χ1v) is 8.42. The van der Waals surface area contributed by atoms with Crippen LogP contribution in [0.1, 0.15) is 6.42 Å². The van der Waals surface area contributed by atoms with E-state index in [-0.39, 0.29) is 0 Å². The van der Waals surface area contributed by atoms with Crippen LogP contribution >= 0.6 is 0 Å². The molecule has 0 aliphatic rings. The zero-order valence-electron chi connectivity index (χ0n) is 14.1. The summed E-state index contributed by atoms with van der Waals surface area (Å²) in [7, 11) is 1.68. The third-order valence-corrected chi connectivity index (χ3v) is 4.35. The number of anilines is 1. The standard InChI is InChI=1S/C20H20N4O/c1-25-18-9-4-7-16-19(22-10-5-12-24-13-11-21-14-24)15-6-2-3-8-17(15)23-20(16)18/h2-4,6-9,11,13-14H,5,10,12H2,1H3,(H,22,23). The van der Waals surface area contributed by atoms with Crippen molar-refractivity contribution in [3.05, 3.63) is 61.2 Å². The molecular formula is C20H20N4O. The molecule has 5 heteroatoms. The highest BCUT2D eigenvalue weighted by Crippen LogP contribution is 2.34. The maximum atomic E-state index is 5.51. The number of nitrogens with zero attached hydrogens (tertiary/aromatic N) is 3. The predicted molar refractivity (Wildman–Crippen MR) is 101 cm³/mol. The number of benzene rings is 2. The first-order chi connectivity index (χ1) is 12.4. The molecule has 0 aliphatic heterocycles. The van der Waals surface area contributed by atoms with Crippen molar-refractivity contribution >= 4 is 27.5 Å². The highest BCUT2D eigenvalue weighted by atomic mass is 16.5. The quantitative estimate of drug-likeness (QED) is 0.427. The maximum Gasteiger partial charge on any atom is 0.145 e. The highest BCUT2D eigenvalue weighted by molar-refractivity contribution is 6.08. The van der Waals surface area contributed by atoms with E-state index >= 15 is 0 Å². The van der Waals surface area contributed by atoms with Crippen molar-refractivity contribution < 1.29 is 4.74 Å². The van der Waals surface area contributed by atoms with E-state index in [4.69, 9.17) is 9.72 Å². The lowest BCUT2D eigenvalue weighted by atomic mass is 10.1. The number of pyridine rings is 1. The van der Waals surface area contributed by atoms with Gasteiger partial charge >= 0.3 is 0 Å². The Morgan fingerprint density at radius 1 is 1.08 bits per heavy atom. The molecule has 0 amide bonds. The van der Waals surface area contributed by atoms with Gasteiger partial charge in [0.05, 0.1) is 24.6 Å². The van der Waals surface area contributed by atoms with Gasteiger partial charge in [0.2, 0.25) is 0 Å². The van der Waals surface area contributed by atoms with Crippen molar-refractivity contribution in [2.24, 2.45) is 0 Å². The molecule has 0 saturated heterocycles. The van der Waals surface area contributed by atoms with Crippen LogP contribution in [0.25, 0.3) is 21.8 Å². The van der Waals surface area contributed by atoms with Crippen LogP contribution in [0.2, 0.25) is 0 Å². The minimum absolute atomic E-state index is 0.796. The van der Waals surface area contributed by atoms with Crippen LogP contribution < -0.4 is 10.1 Å². The van der Waals surface area contributed by atoms with E-state index in [0.29, 0.717) is 0 Å². The molecule has 0 atom stereocenters. The summed E-state index contributed by atoms with van der Waals surface area (Å²) in [5.41, 5.74) is 2.97. The molecule has 2 heterocycles. The van der Waals surface area contributed by atoms with Crippen molar-refractivity contribution in [3.8, 4) is 5.75 Å². The van der Waals surface area contributed by atoms with Gasteiger partial charge in [-0.15, -0.1) is 0 Å². The van der Waals surface area contributed by atoms with Crippen molar-refractivity contribution in [1.82, 2.24) is 14.5 Å². The molecule has 0 radical (unpaired) electrons. The summed E-state index contributed by atoms with van der Waals surface area (Å²) in [5, 5.41) is 5.83. The number of aromatic nitrogens is 3. The summed E-state index contributed by atoms with van der Waals surface area (Å²) in [6.07, 6.45) is 6.66. The number of methoxy groups -OCH3 is 1. The molecule has 4 rings (SSSR count). The van der Waals surface area contributed by atoms with Gasteiger partial charge in [0.25, 0.3) is 0 Å². The van der Waals surface area contributed by atoms with E-state index < -0.39 is 0 Å². The summed E-state index contributed by atoms with van der Waals surface area (Å²) in [6.45, 7) is 1.82. The van der Waals surface area contributed by atoms with Crippen LogP contribution in [-0.4, -0.2) is 28.2 Å². The molecule has 2 aromatic carbocycles. The summed E-state index contributed by atoms with van der Waals surface area (Å²) >= 11 is 0. The molecule has 1 N–H and O–H groups in total. The fraction of sp³-hybridized carbons (Fsp3) is 0.200. The van der Waals surface area contributed by atoms with Crippen LogP contribution in [-0.2, 0) is 6.54 Å². The SMILES string of the molecule is COc1cccc2c(NCCCn3ccnc3)c3ccccc3nc12. The molecule has 2 aromatic heterocycles. The topological polar surface area (TPSA) is 52.0 Å². The lowest BCUT2D eigenvalue weighted by molar-refractivity contribution is 0.419. The number of rotatable bonds is 6. The van der Waals surface area contributed by atoms with Crippen LogP contribution in [0.3, 0.4) is 0 Å². The van der Waals surface area contributed by atoms with E-state index in [9.17, 15) is 0 Å². The third kappa shape index (κ3) is 3.01. The minimum atomic E-state index is 0.796. The summed E-state index contributed by atoms with van der Waals surface area (Å²) in [4.78, 5) is 8.88. The number of hydrogen-bond acceptors (Lipinski definition) is 4. The monoisotopic (exact) mass is 332 g/mol. The molecular weight excluding hydrogens is 312 g/mol. The Bertz CT molecular complexity index is 995. The van der Waals surface area contributed by atoms with Gasteiger partial charge in [0, 0.05) is 36.3 Å². The predicted octanol–water partition coefficient (Wildman–Crippen LogP) is 4.10. The Balaban J connectivity index is 1.69. The van der Waals surface area contributed by atoms with E-state index in [0.717, 1.165) is 52.8 Å². The average Bonchev–Trinajstić information content (AvgIpc) is 3.17. The van der Waals surface area contributed by atoms with Gasteiger partial charge in [-0.1, -0.05) is 30.3 Å². The summed E-state index contributed by atoms with van der Waals surface area (Å²) in [6, 6.07) is 14.3. The molecule has 5 nitrogen and oxygen atoms in total. The second kappa shape index (κ2) is 6.81. The van der Waals surface area contributed by atoms with Crippen molar-refractivity contribution in [2.45, 2.75) is 13.0 Å². The fourth-order valence-electron chi connectivity index (χ4n) is 3.14. The van der Waals surface area contributed by atoms with Gasteiger partial charge in [-0.25, -0.2) is 9.97 Å². The molecule has 0 aliphatic carbocycles. The number of nitrogens with one attached hydrogen (secondary N) is 1. The highest BCUT2D eigenvalue weighted by Gasteiger charge is 2.11. The zero-order chi connectivity index (χ0) is 17.1. The zero-order valence-corrected chi connectivity index (χ0v) is 14.1. The second-order valence-electron chi connectivity index (χ2n) is 5.94. The van der Waals surface area contributed by atoms with Crippen LogP contribution in [0.5, 0.6) is 5.75 Å². The Morgan fingerprint density at radius 2 is 1.96 bits per heavy atom. The van der Waals surface area contributed by atoms with Crippen molar-refractivity contribution in [3.63, 3.8) is 0 Å². The Hall–Kier alpha value is -3.08. The van der Waals surface area contributed by atoms with Gasteiger partial charge in [0.1, 0.15) is 11.3 Å². The maximum absolute atomic E-state index is 5.51. The van der Waals surface area contributed by atoms with Crippen LogP contribution in [0, 0.1) is 0 Å². The first kappa shape index (κ1) is 15.4. The fourth-order valence-corrected chi connectivity index (χ4v) is 3.14. The molecule has 0 fully saturated rings. The van der Waals surface area contributed by atoms with E-state index in [2.05, 4.69) is 27.0 Å². The smallest absolute Gasteiger partial charge is 0.145 e. The molecule has 0 saturated carbocycles. The molecule has 0 bridgehead atoms. The molecule has 0 spiro atoms. The van der Waals surface area contributed by atoms with Gasteiger partial charge in [-0.05, 0) is 18.6 Å². The van der Waals surface area contributed by atoms with E-state index in [1.807, 2.05) is 49.1 Å². The molecule has 4 aromatic rings. The summed E-state index contributed by atoms with van der Waals surface area (Å²) < 4.78 is 7.60. The summed E-state index contributed by atoms with van der Waals surface area (Å²) in [5.74, 6) is 0.796. The number of para-hydroxylation sites is 2. The van der Waals surface area contributed by atoms with Gasteiger partial charge in [0.15, 0.2) is 0 Å². The minimum Gasteiger partial charge on any atom is -0.494 e. The molecule has 0 unspecified atom stereocenters. The first-order valence-electron chi connectivity index (χ1n) is 8.42. The van der Waals surface area contributed by atoms with Gasteiger partial charge in [-0.2, -0.15) is 0 Å². The van der Waals surface area contributed by atoms with Crippen LogP contribution in [0.4, 0.5) is 5.69 Å². The lowest BCUT2D eigenvalue weighted by Crippen LogP contribution is -2.07. The number of imidazole rings is 1. The number of hydrogen-bond donors (Lipinski definition) is 1. The van der Waals surface area contributed by atoms with Gasteiger partial charge in [-0.3, -0.25) is 0 Å². The normalized spacial score (nSPS) is 11.1. The molecule has 25 heavy (non-hydrogen) atoms. The average molecular weight is 332 g/mol. The van der Waals surface area contributed by atoms with E-state index in [1.165, 1.54) is 0 Å². The number of aryl methyl sites for hydroxylation is 1. The lowest BCUT2D eigenvalue weighted by Gasteiger charge is -2.14. The van der Waals surface area contributed by atoms with Crippen molar-refractivity contribution in [2.75, 3.05) is 19.0 Å². The van der Waals surface area contributed by atoms with E-state index in [1.54, 1.807) is 7.11 Å². The van der Waals surface area contributed by atoms with Crippen LogP contribution in [0.15, 0.2) is 61.2 Å². The Labute approximate surface area is 146 Å². The second-order valence-corrected chi connectivity index (χ2v) is 5.94. The number of ether oxygens (including phenoxy) is 1. The molecule has 126 valence electrons. The number of fused-ring (bicyclic) bond motifs is 2. The van der Waals surface area contributed by atoms with Gasteiger partial charge < -0.3 is 14.6 Å². The Kier molecular flexibility index (Phi) is 4.21. The van der Waals surface area contributed by atoms with Crippen molar-refractivity contribution in [1.29, 1.82) is 0 Å². The Morgan fingerprint density at radius 3 is 2.80 bits per heavy atom. The largest absolute Gasteiger partial charge is 0.494 e.